The highest BCUT2D eigenvalue weighted by molar-refractivity contribution is 5.83. The first-order chi connectivity index (χ1) is 17.1. The van der Waals surface area contributed by atoms with Gasteiger partial charge in [0, 0.05) is 12.1 Å². The summed E-state index contributed by atoms with van der Waals surface area (Å²) in [6.45, 7) is 7.68. The first-order valence-electron chi connectivity index (χ1n) is 12.4. The summed E-state index contributed by atoms with van der Waals surface area (Å²) in [4.78, 5) is 30.4. The number of aromatic nitrogens is 4. The number of nitrogen functional groups attached to an aromatic ring is 1. The van der Waals surface area contributed by atoms with Crippen molar-refractivity contribution in [1.29, 1.82) is 0 Å². The Balaban J connectivity index is 1.46. The fourth-order valence-electron chi connectivity index (χ4n) is 4.41. The van der Waals surface area contributed by atoms with Crippen LogP contribution in [-0.2, 0) is 11.2 Å². The first-order valence-corrected chi connectivity index (χ1v) is 12.4. The van der Waals surface area contributed by atoms with Crippen molar-refractivity contribution in [3.05, 3.63) is 30.0 Å². The number of carbonyl (C=O) groups excluding carboxylic acids is 1. The zero-order valence-electron chi connectivity index (χ0n) is 21.6. The second kappa shape index (κ2) is 10.5. The number of anilines is 2. The van der Waals surface area contributed by atoms with Crippen LogP contribution >= 0.6 is 0 Å². The Morgan fingerprint density at radius 1 is 1.11 bits per heavy atom. The molecule has 0 aliphatic heterocycles. The van der Waals surface area contributed by atoms with Gasteiger partial charge in [-0.1, -0.05) is 6.92 Å². The van der Waals surface area contributed by atoms with Crippen LogP contribution in [0.3, 0.4) is 0 Å². The van der Waals surface area contributed by atoms with Crippen LogP contribution < -0.4 is 21.1 Å². The molecule has 192 valence electrons. The molecule has 10 heteroatoms. The Labute approximate surface area is 211 Å². The molecule has 1 aliphatic rings. The van der Waals surface area contributed by atoms with Gasteiger partial charge in [-0.3, -0.25) is 0 Å². The Morgan fingerprint density at radius 2 is 1.83 bits per heavy atom. The summed E-state index contributed by atoms with van der Waals surface area (Å²) in [7, 11) is 1.56. The topological polar surface area (TPSA) is 137 Å². The van der Waals surface area contributed by atoms with E-state index in [2.05, 4.69) is 27.5 Å². The normalized spacial score (nSPS) is 18.0. The van der Waals surface area contributed by atoms with Gasteiger partial charge in [0.25, 0.3) is 0 Å². The maximum Gasteiger partial charge on any atom is 0.407 e. The fraction of sp³-hybridized carbons (Fsp3) is 0.500. The summed E-state index contributed by atoms with van der Waals surface area (Å²) in [5, 5.41) is 6.45. The molecule has 0 spiro atoms. The molecule has 4 N–H and O–H groups in total. The highest BCUT2D eigenvalue weighted by atomic mass is 16.6. The van der Waals surface area contributed by atoms with Crippen molar-refractivity contribution in [3.8, 4) is 17.1 Å². The van der Waals surface area contributed by atoms with Gasteiger partial charge in [0.05, 0.1) is 30.1 Å². The van der Waals surface area contributed by atoms with E-state index in [1.807, 2.05) is 32.9 Å². The standard InChI is InChI=1S/C26H35N7O3/c1-6-15-13-19(18-11-12-21(27)32-23(18)35-5)31-20-14-28-24(33-22(15)20)29-16-7-9-17(10-8-16)30-25(34)36-26(2,3)4/h11-14,16-17H,6-10H2,1-5H3,(H2,27,32)(H,30,34)(H,28,29,33). The summed E-state index contributed by atoms with van der Waals surface area (Å²) >= 11 is 0. The number of pyridine rings is 2. The number of nitrogens with one attached hydrogen (secondary N) is 2. The van der Waals surface area contributed by atoms with Gasteiger partial charge in [-0.25, -0.2) is 19.7 Å². The number of amides is 1. The number of nitrogens with zero attached hydrogens (tertiary/aromatic N) is 4. The molecule has 4 rings (SSSR count). The molecule has 0 bridgehead atoms. The lowest BCUT2D eigenvalue weighted by atomic mass is 9.91. The molecule has 1 amide bonds. The van der Waals surface area contributed by atoms with Crippen LogP contribution in [0.25, 0.3) is 22.3 Å². The van der Waals surface area contributed by atoms with Gasteiger partial charge in [0.2, 0.25) is 11.8 Å². The van der Waals surface area contributed by atoms with Crippen molar-refractivity contribution >= 4 is 28.9 Å². The molecule has 0 unspecified atom stereocenters. The van der Waals surface area contributed by atoms with Gasteiger partial charge in [-0.05, 0) is 76.6 Å². The van der Waals surface area contributed by atoms with Gasteiger partial charge in [0.15, 0.2) is 0 Å². The minimum absolute atomic E-state index is 0.115. The maximum atomic E-state index is 12.1. The number of fused-ring (bicyclic) bond motifs is 1. The minimum Gasteiger partial charge on any atom is -0.480 e. The van der Waals surface area contributed by atoms with Gasteiger partial charge in [0.1, 0.15) is 16.9 Å². The van der Waals surface area contributed by atoms with Crippen molar-refractivity contribution in [2.45, 2.75) is 77.5 Å². The smallest absolute Gasteiger partial charge is 0.407 e. The molecule has 0 atom stereocenters. The maximum absolute atomic E-state index is 12.1. The van der Waals surface area contributed by atoms with E-state index in [1.54, 1.807) is 19.4 Å². The molecule has 3 aromatic heterocycles. The van der Waals surface area contributed by atoms with E-state index in [4.69, 9.17) is 25.2 Å². The van der Waals surface area contributed by atoms with Crippen molar-refractivity contribution in [1.82, 2.24) is 25.3 Å². The van der Waals surface area contributed by atoms with Crippen molar-refractivity contribution in [2.24, 2.45) is 0 Å². The zero-order chi connectivity index (χ0) is 25.9. The predicted molar refractivity (Wildman–Crippen MR) is 140 cm³/mol. The third-order valence-corrected chi connectivity index (χ3v) is 6.14. The van der Waals surface area contributed by atoms with Gasteiger partial charge < -0.3 is 25.8 Å². The Bertz CT molecular complexity index is 1230. The quantitative estimate of drug-likeness (QED) is 0.453. The number of carbonyl (C=O) groups is 1. The molecule has 36 heavy (non-hydrogen) atoms. The van der Waals surface area contributed by atoms with Crippen LogP contribution in [0.5, 0.6) is 5.88 Å². The second-order valence-electron chi connectivity index (χ2n) is 10.1. The number of hydrogen-bond acceptors (Lipinski definition) is 9. The predicted octanol–water partition coefficient (Wildman–Crippen LogP) is 4.49. The third-order valence-electron chi connectivity index (χ3n) is 6.14. The minimum atomic E-state index is -0.499. The van der Waals surface area contributed by atoms with Crippen LogP contribution in [0.1, 0.15) is 58.9 Å². The highest BCUT2D eigenvalue weighted by Crippen LogP contribution is 2.31. The van der Waals surface area contributed by atoms with E-state index in [0.717, 1.165) is 54.4 Å². The van der Waals surface area contributed by atoms with E-state index >= 15 is 0 Å². The average Bonchev–Trinajstić information content (AvgIpc) is 2.83. The average molecular weight is 494 g/mol. The van der Waals surface area contributed by atoms with Crippen molar-refractivity contribution < 1.29 is 14.3 Å². The van der Waals surface area contributed by atoms with E-state index in [-0.39, 0.29) is 18.2 Å². The number of aryl methyl sites for hydroxylation is 1. The summed E-state index contributed by atoms with van der Waals surface area (Å²) in [5.41, 5.74) is 9.40. The van der Waals surface area contributed by atoms with Crippen LogP contribution in [0, 0.1) is 0 Å². The van der Waals surface area contributed by atoms with Gasteiger partial charge >= 0.3 is 6.09 Å². The SMILES string of the molecule is CCc1cc(-c2ccc(N)nc2OC)nc2cnc(NC3CCC(NC(=O)OC(C)(C)C)CC3)nc12. The third kappa shape index (κ3) is 6.10. The molecule has 1 saturated carbocycles. The summed E-state index contributed by atoms with van der Waals surface area (Å²) in [5.74, 6) is 1.41. The second-order valence-corrected chi connectivity index (χ2v) is 10.1. The molecule has 1 fully saturated rings. The van der Waals surface area contributed by atoms with Crippen molar-refractivity contribution in [3.63, 3.8) is 0 Å². The van der Waals surface area contributed by atoms with Crippen LogP contribution in [0.4, 0.5) is 16.6 Å². The number of nitrogens with two attached hydrogens (primary N) is 1. The lowest BCUT2D eigenvalue weighted by molar-refractivity contribution is 0.0492. The lowest BCUT2D eigenvalue weighted by Gasteiger charge is -2.30. The Morgan fingerprint density at radius 3 is 2.50 bits per heavy atom. The Hall–Kier alpha value is -3.69. The fourth-order valence-corrected chi connectivity index (χ4v) is 4.41. The van der Waals surface area contributed by atoms with Gasteiger partial charge in [-0.2, -0.15) is 4.98 Å². The molecule has 0 aromatic carbocycles. The molecule has 0 saturated heterocycles. The number of hydrogen-bond donors (Lipinski definition) is 3. The molecular weight excluding hydrogens is 458 g/mol. The summed E-state index contributed by atoms with van der Waals surface area (Å²) in [6, 6.07) is 5.96. The number of rotatable bonds is 6. The van der Waals surface area contributed by atoms with E-state index < -0.39 is 5.60 Å². The van der Waals surface area contributed by atoms with E-state index in [0.29, 0.717) is 23.2 Å². The molecule has 3 aromatic rings. The highest BCUT2D eigenvalue weighted by Gasteiger charge is 2.25. The van der Waals surface area contributed by atoms with Crippen molar-refractivity contribution in [2.75, 3.05) is 18.2 Å². The zero-order valence-corrected chi connectivity index (χ0v) is 21.6. The largest absolute Gasteiger partial charge is 0.480 e. The molecule has 1 aliphatic carbocycles. The number of methoxy groups -OCH3 is 1. The molecular formula is C26H35N7O3. The number of alkyl carbamates (subject to hydrolysis) is 1. The van der Waals surface area contributed by atoms with Crippen LogP contribution in [0.15, 0.2) is 24.4 Å². The monoisotopic (exact) mass is 493 g/mol. The van der Waals surface area contributed by atoms with Crippen LogP contribution in [-0.4, -0.2) is 50.8 Å². The first kappa shape index (κ1) is 25.4. The molecule has 0 radical (unpaired) electrons. The molecule has 10 nitrogen and oxygen atoms in total. The summed E-state index contributed by atoms with van der Waals surface area (Å²) in [6.07, 6.45) is 5.73. The lowest BCUT2D eigenvalue weighted by Crippen LogP contribution is -2.42. The number of ether oxygens (including phenoxy) is 2. The molecule has 3 heterocycles. The van der Waals surface area contributed by atoms with E-state index in [9.17, 15) is 4.79 Å². The summed E-state index contributed by atoms with van der Waals surface area (Å²) < 4.78 is 10.8. The van der Waals surface area contributed by atoms with E-state index in [1.165, 1.54) is 0 Å². The van der Waals surface area contributed by atoms with Gasteiger partial charge in [-0.15, -0.1) is 0 Å². The van der Waals surface area contributed by atoms with Crippen LogP contribution in [0.2, 0.25) is 0 Å². The Kier molecular flexibility index (Phi) is 7.42.